The Morgan fingerprint density at radius 2 is 0.837 bits per heavy atom. The summed E-state index contributed by atoms with van der Waals surface area (Å²) in [5.41, 5.74) is -1.29. The predicted molar refractivity (Wildman–Crippen MR) is 148 cm³/mol. The average molecular weight is 686 g/mol. The summed E-state index contributed by atoms with van der Waals surface area (Å²) >= 11 is 0. The van der Waals surface area contributed by atoms with Crippen molar-refractivity contribution >= 4 is 52.0 Å². The molecule has 49 heavy (non-hydrogen) atoms. The van der Waals surface area contributed by atoms with Gasteiger partial charge in [-0.3, -0.25) is 8.96 Å². The van der Waals surface area contributed by atoms with Gasteiger partial charge < -0.3 is 4.65 Å². The molecule has 19 heteroatoms. The highest BCUT2D eigenvalue weighted by Crippen LogP contribution is 2.43. The first kappa shape index (κ1) is 29.2. The van der Waals surface area contributed by atoms with Crippen LogP contribution in [0.5, 0.6) is 5.75 Å². The lowest BCUT2D eigenvalue weighted by Crippen LogP contribution is -2.52. The molecule has 0 unspecified atom stereocenters. The van der Waals surface area contributed by atoms with Gasteiger partial charge in [0.25, 0.3) is 0 Å². The maximum Gasteiger partial charge on any atom is 0.633 e. The topological polar surface area (TPSA) is 68.5 Å². The van der Waals surface area contributed by atoms with Gasteiger partial charge in [0.05, 0.1) is 0 Å². The molecule has 0 fully saturated rings. The molecule has 0 N–H and O–H groups in total. The third kappa shape index (κ3) is 3.74. The first-order chi connectivity index (χ1) is 23.3. The monoisotopic (exact) mass is 686 g/mol. The van der Waals surface area contributed by atoms with E-state index < -0.39 is 111 Å². The SMILES string of the molecule is Fc1cc2c(cc1F)C1=Nc3c4cc(F)c(F)cc4c4n3B(Oc3c(F)c(F)c(F)c(F)c3F)n3c(c5cc(F)c(F)cc5c3=N4)=NC2=N1. The Morgan fingerprint density at radius 1 is 0.429 bits per heavy atom. The van der Waals surface area contributed by atoms with Crippen LogP contribution in [-0.2, 0) is 0 Å². The van der Waals surface area contributed by atoms with Crippen molar-refractivity contribution in [1.29, 1.82) is 0 Å². The molecule has 0 spiro atoms. The van der Waals surface area contributed by atoms with E-state index in [4.69, 9.17) is 4.65 Å². The van der Waals surface area contributed by atoms with Crippen molar-refractivity contribution in [2.24, 2.45) is 20.0 Å². The van der Waals surface area contributed by atoms with Crippen LogP contribution in [0.4, 0.5) is 59.9 Å². The molecule has 0 aliphatic carbocycles. The summed E-state index contributed by atoms with van der Waals surface area (Å²) in [6, 6.07) is 4.00. The maximum atomic E-state index is 15.1. The van der Waals surface area contributed by atoms with Crippen molar-refractivity contribution in [3.05, 3.63) is 122 Å². The fourth-order valence-corrected chi connectivity index (χ4v) is 6.05. The zero-order chi connectivity index (χ0) is 34.4. The second kappa shape index (κ2) is 9.54. The van der Waals surface area contributed by atoms with Gasteiger partial charge in [0.1, 0.15) is 22.6 Å². The van der Waals surface area contributed by atoms with E-state index in [0.29, 0.717) is 36.4 Å². The minimum absolute atomic E-state index is 0.183. The Hall–Kier alpha value is -6.01. The molecule has 5 heterocycles. The third-order valence-corrected chi connectivity index (χ3v) is 8.22. The molecule has 0 saturated carbocycles. The van der Waals surface area contributed by atoms with Crippen LogP contribution in [0.15, 0.2) is 56.4 Å². The Bertz CT molecular complexity index is 2760. The Kier molecular flexibility index (Phi) is 5.68. The van der Waals surface area contributed by atoms with Crippen molar-refractivity contribution < 1.29 is 52.9 Å². The molecule has 3 aliphatic heterocycles. The molecule has 0 amide bonds. The molecule has 7 nitrogen and oxygen atoms in total. The van der Waals surface area contributed by atoms with E-state index in [0.717, 1.165) is 8.96 Å². The lowest BCUT2D eigenvalue weighted by Gasteiger charge is -2.23. The summed E-state index contributed by atoms with van der Waals surface area (Å²) < 4.78 is 168. The standard InChI is InChI=1S/C30H6BF11N6O/c32-13-1-7-8(2-14(13)33)26-43-25(7)44-27-9-3-15(34)17(36)5-11(9)29-46-30-12-6-18(37)16(35)4-10(12)28(45-26)48(30)31(47(27)29)49-24-22(41)20(39)19(38)21(40)23(24)42/h1-6H. The third-order valence-electron chi connectivity index (χ3n) is 8.22. The zero-order valence-corrected chi connectivity index (χ0v) is 23.3. The van der Waals surface area contributed by atoms with Gasteiger partial charge in [-0.1, -0.05) is 0 Å². The highest BCUT2D eigenvalue weighted by molar-refractivity contribution is 6.52. The summed E-state index contributed by atoms with van der Waals surface area (Å²) in [5.74, 6) is -24.1. The molecule has 3 aliphatic rings. The van der Waals surface area contributed by atoms with Crippen LogP contribution in [0.25, 0.3) is 21.5 Å². The second-order valence-electron chi connectivity index (χ2n) is 10.9. The van der Waals surface area contributed by atoms with Crippen LogP contribution in [-0.4, -0.2) is 27.8 Å². The first-order valence-electron chi connectivity index (χ1n) is 13.7. The number of fused-ring (bicyclic) bond motifs is 10. The molecule has 9 rings (SSSR count). The maximum absolute atomic E-state index is 15.1. The molecular weight excluding hydrogens is 680 g/mol. The van der Waals surface area contributed by atoms with Gasteiger partial charge in [0.15, 0.2) is 52.3 Å². The first-order valence-corrected chi connectivity index (χ1v) is 13.7. The van der Waals surface area contributed by atoms with Crippen LogP contribution in [0.2, 0.25) is 0 Å². The molecular formula is C30H6BF11N6O. The van der Waals surface area contributed by atoms with Crippen LogP contribution >= 0.6 is 0 Å². The van der Waals surface area contributed by atoms with E-state index in [1.54, 1.807) is 0 Å². The summed E-state index contributed by atoms with van der Waals surface area (Å²) in [7, 11) is -2.22. The van der Waals surface area contributed by atoms with Crippen molar-refractivity contribution in [1.82, 2.24) is 8.96 Å². The molecule has 242 valence electrons. The fourth-order valence-electron chi connectivity index (χ4n) is 6.05. The minimum Gasteiger partial charge on any atom is -0.518 e. The summed E-state index contributed by atoms with van der Waals surface area (Å²) in [4.78, 5) is 17.4. The highest BCUT2D eigenvalue weighted by Gasteiger charge is 2.43. The lowest BCUT2D eigenvalue weighted by molar-refractivity contribution is 0.344. The summed E-state index contributed by atoms with van der Waals surface area (Å²) in [6.45, 7) is 0. The molecule has 4 aromatic carbocycles. The lowest BCUT2D eigenvalue weighted by atomic mass is 9.98. The van der Waals surface area contributed by atoms with Gasteiger partial charge >= 0.3 is 7.19 Å². The van der Waals surface area contributed by atoms with Gasteiger partial charge in [0.2, 0.25) is 29.1 Å². The zero-order valence-electron chi connectivity index (χ0n) is 23.3. The van der Waals surface area contributed by atoms with Crippen molar-refractivity contribution in [3.63, 3.8) is 0 Å². The predicted octanol–water partition coefficient (Wildman–Crippen LogP) is 6.32. The van der Waals surface area contributed by atoms with E-state index >= 15 is 8.78 Å². The quantitative estimate of drug-likeness (QED) is 0.0911. The largest absolute Gasteiger partial charge is 0.633 e. The molecule has 4 bridgehead atoms. The fraction of sp³-hybridized carbons (Fsp3) is 0. The number of hydrogen-bond acceptors (Lipinski definition) is 5. The van der Waals surface area contributed by atoms with Crippen LogP contribution in [0.3, 0.4) is 0 Å². The highest BCUT2D eigenvalue weighted by atomic mass is 19.2. The molecule has 6 aromatic rings. The van der Waals surface area contributed by atoms with Gasteiger partial charge in [-0.05, 0) is 36.4 Å². The van der Waals surface area contributed by atoms with E-state index in [9.17, 15) is 39.5 Å². The molecule has 0 radical (unpaired) electrons. The van der Waals surface area contributed by atoms with Crippen molar-refractivity contribution in [2.75, 3.05) is 0 Å². The number of aliphatic imine (C=N–C) groups is 2. The normalized spacial score (nSPS) is 14.1. The van der Waals surface area contributed by atoms with E-state index in [1.807, 2.05) is 0 Å². The average Bonchev–Trinajstić information content (AvgIpc) is 3.65. The second-order valence-corrected chi connectivity index (χ2v) is 10.9. The van der Waals surface area contributed by atoms with E-state index in [-0.39, 0.29) is 32.7 Å². The number of halogens is 11. The number of nitrogens with zero attached hydrogens (tertiary/aromatic N) is 6. The number of hydrogen-bond donors (Lipinski definition) is 0. The summed E-state index contributed by atoms with van der Waals surface area (Å²) in [5, 5.41) is -1.10. The molecule has 0 saturated heterocycles. The van der Waals surface area contributed by atoms with Crippen molar-refractivity contribution in [3.8, 4) is 5.75 Å². The molecule has 0 atom stereocenters. The van der Waals surface area contributed by atoms with E-state index in [2.05, 4.69) is 20.0 Å². The van der Waals surface area contributed by atoms with Crippen LogP contribution in [0, 0.1) is 64.0 Å². The van der Waals surface area contributed by atoms with Crippen LogP contribution < -0.4 is 15.6 Å². The number of benzene rings is 4. The number of aromatic nitrogens is 2. The van der Waals surface area contributed by atoms with Gasteiger partial charge in [-0.15, -0.1) is 0 Å². The van der Waals surface area contributed by atoms with Crippen molar-refractivity contribution in [2.45, 2.75) is 0 Å². The summed E-state index contributed by atoms with van der Waals surface area (Å²) in [6.07, 6.45) is 0. The smallest absolute Gasteiger partial charge is 0.518 e. The minimum atomic E-state index is -2.51. The van der Waals surface area contributed by atoms with Gasteiger partial charge in [0, 0.05) is 32.7 Å². The Labute approximate surface area is 262 Å². The Balaban J connectivity index is 1.52. The van der Waals surface area contributed by atoms with Gasteiger partial charge in [-0.25, -0.2) is 59.5 Å². The van der Waals surface area contributed by atoms with Gasteiger partial charge in [-0.2, -0.15) is 8.78 Å². The number of rotatable bonds is 2. The Morgan fingerprint density at radius 3 is 1.37 bits per heavy atom. The number of amidine groups is 2. The molecule has 2 aromatic heterocycles. The van der Waals surface area contributed by atoms with E-state index in [1.165, 1.54) is 0 Å². The van der Waals surface area contributed by atoms with Crippen LogP contribution in [0.1, 0.15) is 11.1 Å².